The number of hydrogen-bond donors (Lipinski definition) is 1. The molecule has 1 saturated heterocycles. The Balaban J connectivity index is 0.00000261. The van der Waals surface area contributed by atoms with Gasteiger partial charge >= 0.3 is 0 Å². The number of ether oxygens (including phenoxy) is 1. The van der Waals surface area contributed by atoms with Gasteiger partial charge in [0.2, 0.25) is 0 Å². The predicted octanol–water partition coefficient (Wildman–Crippen LogP) is 2.08. The zero-order valence-corrected chi connectivity index (χ0v) is 18.6. The highest BCUT2D eigenvalue weighted by atomic mass is 127. The molecule has 0 aliphatic carbocycles. The van der Waals surface area contributed by atoms with Crippen LogP contribution in [-0.4, -0.2) is 60.8 Å². The Morgan fingerprint density at radius 3 is 2.78 bits per heavy atom. The Morgan fingerprint density at radius 1 is 1.33 bits per heavy atom. The second-order valence-corrected chi connectivity index (χ2v) is 6.49. The molecule has 1 N–H and O–H groups in total. The van der Waals surface area contributed by atoms with E-state index in [1.54, 1.807) is 0 Å². The molecule has 0 spiro atoms. The van der Waals surface area contributed by atoms with Crippen molar-refractivity contribution < 1.29 is 4.74 Å². The zero-order valence-electron chi connectivity index (χ0n) is 16.3. The number of aryl methyl sites for hydroxylation is 1. The maximum atomic E-state index is 5.42. The smallest absolute Gasteiger partial charge is 0.194 e. The topological polar surface area (TPSA) is 57.9 Å². The summed E-state index contributed by atoms with van der Waals surface area (Å²) in [5.41, 5.74) is 2.43. The molecule has 1 aliphatic heterocycles. The predicted molar refractivity (Wildman–Crippen MR) is 120 cm³/mol. The first-order chi connectivity index (χ1) is 12.7. The molecule has 1 aliphatic rings. The molecule has 2 aromatic rings. The summed E-state index contributed by atoms with van der Waals surface area (Å²) in [6.45, 7) is 4.83. The van der Waals surface area contributed by atoms with Gasteiger partial charge in [-0.2, -0.15) is 0 Å². The average molecular weight is 484 g/mol. The highest BCUT2D eigenvalue weighted by Gasteiger charge is 2.13. The zero-order chi connectivity index (χ0) is 18.4. The maximum absolute atomic E-state index is 5.42. The number of aromatic nitrogens is 2. The normalized spacial score (nSPS) is 14.6. The lowest BCUT2D eigenvalue weighted by molar-refractivity contribution is 0.122. The van der Waals surface area contributed by atoms with Gasteiger partial charge in [0.15, 0.2) is 5.96 Å². The van der Waals surface area contributed by atoms with Crippen molar-refractivity contribution in [2.45, 2.75) is 13.1 Å². The molecule has 3 heterocycles. The van der Waals surface area contributed by atoms with E-state index in [0.717, 1.165) is 44.6 Å². The number of hydrogen-bond acceptors (Lipinski definition) is 4. The summed E-state index contributed by atoms with van der Waals surface area (Å²) >= 11 is 0. The van der Waals surface area contributed by atoms with Gasteiger partial charge in [0.1, 0.15) is 5.82 Å². The number of guanidine groups is 1. The van der Waals surface area contributed by atoms with E-state index in [9.17, 15) is 0 Å². The molecule has 1 fully saturated rings. The molecule has 7 nitrogen and oxygen atoms in total. The van der Waals surface area contributed by atoms with Gasteiger partial charge in [0, 0.05) is 58.9 Å². The lowest BCUT2D eigenvalue weighted by atomic mass is 10.2. The number of nitrogens with zero attached hydrogens (tertiary/aromatic N) is 5. The molecule has 8 heteroatoms. The van der Waals surface area contributed by atoms with Crippen molar-refractivity contribution in [3.05, 3.63) is 47.9 Å². The third kappa shape index (κ3) is 5.83. The number of halogens is 1. The Bertz CT molecular complexity index is 741. The summed E-state index contributed by atoms with van der Waals surface area (Å²) in [5.74, 6) is 1.88. The van der Waals surface area contributed by atoms with Crippen LogP contribution in [0.3, 0.4) is 0 Å². The summed E-state index contributed by atoms with van der Waals surface area (Å²) in [4.78, 5) is 13.3. The van der Waals surface area contributed by atoms with Crippen molar-refractivity contribution in [2.24, 2.45) is 12.0 Å². The van der Waals surface area contributed by atoms with Crippen LogP contribution < -0.4 is 10.2 Å². The number of anilines is 1. The van der Waals surface area contributed by atoms with Gasteiger partial charge in [-0.3, -0.25) is 4.99 Å². The highest BCUT2D eigenvalue weighted by Crippen LogP contribution is 2.14. The number of morpholine rings is 1. The van der Waals surface area contributed by atoms with E-state index in [2.05, 4.69) is 61.1 Å². The Hall–Kier alpha value is -1.81. The number of pyridine rings is 1. The Labute approximate surface area is 178 Å². The van der Waals surface area contributed by atoms with Gasteiger partial charge in [-0.1, -0.05) is 0 Å². The molecule has 27 heavy (non-hydrogen) atoms. The Kier molecular flexibility index (Phi) is 8.36. The minimum Gasteiger partial charge on any atom is -0.378 e. The minimum atomic E-state index is 0. The van der Waals surface area contributed by atoms with Crippen LogP contribution in [0.4, 0.5) is 5.82 Å². The first kappa shape index (κ1) is 21.5. The standard InChI is InChI=1S/C19H28N6O.HI/c1-20-19(24(3)15-17-5-4-8-23(17)2)22-14-16-6-7-21-18(13-16)25-9-11-26-12-10-25;/h4-8,13H,9-12,14-15H2,1-3H3,(H,20,22);1H. The molecule has 0 aromatic carbocycles. The number of nitrogens with one attached hydrogen (secondary N) is 1. The van der Waals surface area contributed by atoms with E-state index < -0.39 is 0 Å². The lowest BCUT2D eigenvalue weighted by Gasteiger charge is -2.28. The summed E-state index contributed by atoms with van der Waals surface area (Å²) in [5, 5.41) is 3.44. The summed E-state index contributed by atoms with van der Waals surface area (Å²) < 4.78 is 7.54. The number of rotatable bonds is 5. The van der Waals surface area contributed by atoms with Crippen molar-refractivity contribution >= 4 is 35.8 Å². The maximum Gasteiger partial charge on any atom is 0.194 e. The Morgan fingerprint density at radius 2 is 2.11 bits per heavy atom. The van der Waals surface area contributed by atoms with Crippen molar-refractivity contribution in [3.8, 4) is 0 Å². The van der Waals surface area contributed by atoms with E-state index in [1.807, 2.05) is 26.4 Å². The molecule has 0 bridgehead atoms. The van der Waals surface area contributed by atoms with Crippen LogP contribution >= 0.6 is 24.0 Å². The monoisotopic (exact) mass is 484 g/mol. The van der Waals surface area contributed by atoms with Gasteiger partial charge in [-0.15, -0.1) is 24.0 Å². The van der Waals surface area contributed by atoms with Crippen molar-refractivity contribution in [1.82, 2.24) is 19.8 Å². The van der Waals surface area contributed by atoms with E-state index >= 15 is 0 Å². The van der Waals surface area contributed by atoms with E-state index in [1.165, 1.54) is 11.3 Å². The molecule has 148 valence electrons. The summed E-state index contributed by atoms with van der Waals surface area (Å²) in [6, 6.07) is 8.37. The van der Waals surface area contributed by atoms with Gasteiger partial charge < -0.3 is 24.4 Å². The van der Waals surface area contributed by atoms with Gasteiger partial charge in [-0.25, -0.2) is 4.98 Å². The SMILES string of the molecule is CN=C(NCc1ccnc(N2CCOCC2)c1)N(C)Cc1cccn1C.I. The second kappa shape index (κ2) is 10.5. The van der Waals surface area contributed by atoms with Crippen LogP contribution in [0.1, 0.15) is 11.3 Å². The van der Waals surface area contributed by atoms with Crippen LogP contribution in [0.5, 0.6) is 0 Å². The van der Waals surface area contributed by atoms with Gasteiger partial charge in [0.05, 0.1) is 19.8 Å². The van der Waals surface area contributed by atoms with Crippen molar-refractivity contribution in [1.29, 1.82) is 0 Å². The van der Waals surface area contributed by atoms with E-state index in [0.29, 0.717) is 6.54 Å². The fourth-order valence-electron chi connectivity index (χ4n) is 3.08. The fraction of sp³-hybridized carbons (Fsp3) is 0.474. The van der Waals surface area contributed by atoms with Gasteiger partial charge in [0.25, 0.3) is 0 Å². The molecule has 3 rings (SSSR count). The third-order valence-corrected chi connectivity index (χ3v) is 4.62. The van der Waals surface area contributed by atoms with Gasteiger partial charge in [-0.05, 0) is 29.8 Å². The van der Waals surface area contributed by atoms with Crippen LogP contribution in [0.15, 0.2) is 41.7 Å². The third-order valence-electron chi connectivity index (χ3n) is 4.62. The van der Waals surface area contributed by atoms with Crippen molar-refractivity contribution in [2.75, 3.05) is 45.3 Å². The molecule has 0 amide bonds. The lowest BCUT2D eigenvalue weighted by Crippen LogP contribution is -2.38. The summed E-state index contributed by atoms with van der Waals surface area (Å²) in [7, 11) is 5.92. The average Bonchev–Trinajstić information content (AvgIpc) is 3.08. The molecule has 2 aromatic heterocycles. The molecule has 0 atom stereocenters. The first-order valence-electron chi connectivity index (χ1n) is 8.97. The highest BCUT2D eigenvalue weighted by molar-refractivity contribution is 14.0. The molecule has 0 unspecified atom stereocenters. The van der Waals surface area contributed by atoms with E-state index in [4.69, 9.17) is 4.74 Å². The molecular formula is C19H29IN6O. The van der Waals surface area contributed by atoms with Crippen LogP contribution in [0, 0.1) is 0 Å². The van der Waals surface area contributed by atoms with E-state index in [-0.39, 0.29) is 24.0 Å². The molecule has 0 saturated carbocycles. The summed E-state index contributed by atoms with van der Waals surface area (Å²) in [6.07, 6.45) is 3.93. The van der Waals surface area contributed by atoms with Crippen LogP contribution in [0.2, 0.25) is 0 Å². The second-order valence-electron chi connectivity index (χ2n) is 6.49. The minimum absolute atomic E-state index is 0. The quantitative estimate of drug-likeness (QED) is 0.400. The fourth-order valence-corrected chi connectivity index (χ4v) is 3.08. The van der Waals surface area contributed by atoms with Crippen LogP contribution in [0.25, 0.3) is 0 Å². The molecule has 0 radical (unpaired) electrons. The largest absolute Gasteiger partial charge is 0.378 e. The number of aliphatic imine (C=N–C) groups is 1. The first-order valence-corrected chi connectivity index (χ1v) is 8.97. The van der Waals surface area contributed by atoms with Crippen molar-refractivity contribution in [3.63, 3.8) is 0 Å². The molecular weight excluding hydrogens is 455 g/mol. The van der Waals surface area contributed by atoms with Crippen LogP contribution in [-0.2, 0) is 24.9 Å².